The number of fused-ring (bicyclic) bond motifs is 2. The Hall–Kier alpha value is -1.62. The summed E-state index contributed by atoms with van der Waals surface area (Å²) in [6.45, 7) is 1.90. The fraction of sp³-hybridized carbons (Fsp3) is 0.529. The molecule has 0 unspecified atom stereocenters. The fourth-order valence-electron chi connectivity index (χ4n) is 3.85. The van der Waals surface area contributed by atoms with E-state index in [-0.39, 0.29) is 5.97 Å². The van der Waals surface area contributed by atoms with Crippen LogP contribution in [0, 0.1) is 18.8 Å². The molecule has 0 aliphatic heterocycles. The summed E-state index contributed by atoms with van der Waals surface area (Å²) in [5.74, 6) is 1.33. The van der Waals surface area contributed by atoms with E-state index >= 15 is 0 Å². The van der Waals surface area contributed by atoms with Gasteiger partial charge in [0, 0.05) is 11.7 Å². The third-order valence-electron chi connectivity index (χ3n) is 5.04. The maximum absolute atomic E-state index is 11.7. The van der Waals surface area contributed by atoms with Gasteiger partial charge in [-0.1, -0.05) is 12.5 Å². The number of esters is 1. The average molecular weight is 318 g/mol. The molecule has 2 saturated carbocycles. The van der Waals surface area contributed by atoms with Crippen molar-refractivity contribution in [3.05, 3.63) is 29.3 Å². The molecule has 3 rings (SSSR count). The number of carbonyl (C=O) groups is 1. The minimum Gasteiger partial charge on any atom is -0.465 e. The lowest BCUT2D eigenvalue weighted by Crippen LogP contribution is -2.40. The topological polar surface area (TPSA) is 50.4 Å². The van der Waals surface area contributed by atoms with Crippen molar-refractivity contribution in [1.82, 2.24) is 5.32 Å². The minimum atomic E-state index is -0.326. The Labute approximate surface area is 136 Å². The zero-order valence-electron chi connectivity index (χ0n) is 13.0. The first-order valence-electron chi connectivity index (χ1n) is 7.84. The molecule has 0 amide bonds. The van der Waals surface area contributed by atoms with Gasteiger partial charge in [0.05, 0.1) is 12.7 Å². The molecule has 5 heteroatoms. The Morgan fingerprint density at radius 3 is 2.77 bits per heavy atom. The summed E-state index contributed by atoms with van der Waals surface area (Å²) < 4.78 is 4.80. The van der Waals surface area contributed by atoms with E-state index in [0.717, 1.165) is 23.1 Å². The Balaban J connectivity index is 1.65. The maximum Gasteiger partial charge on any atom is 0.338 e. The zero-order valence-corrected chi connectivity index (χ0v) is 13.8. The molecule has 2 aliphatic carbocycles. The lowest BCUT2D eigenvalue weighted by Gasteiger charge is -2.25. The van der Waals surface area contributed by atoms with Gasteiger partial charge in [0.2, 0.25) is 0 Å². The van der Waals surface area contributed by atoms with Crippen LogP contribution in [-0.4, -0.2) is 24.2 Å². The molecule has 0 saturated heterocycles. The van der Waals surface area contributed by atoms with Gasteiger partial charge in [0.25, 0.3) is 0 Å². The second-order valence-electron chi connectivity index (χ2n) is 6.35. The van der Waals surface area contributed by atoms with Crippen molar-refractivity contribution in [2.24, 2.45) is 11.8 Å². The summed E-state index contributed by atoms with van der Waals surface area (Å²) in [6, 6.07) is 6.03. The van der Waals surface area contributed by atoms with Gasteiger partial charge in [-0.15, -0.1) is 0 Å². The number of methoxy groups -OCH3 is 1. The lowest BCUT2D eigenvalue weighted by molar-refractivity contribution is 0.0600. The third-order valence-corrected chi connectivity index (χ3v) is 5.26. The van der Waals surface area contributed by atoms with Gasteiger partial charge < -0.3 is 15.4 Å². The summed E-state index contributed by atoms with van der Waals surface area (Å²) in [5, 5.41) is 7.32. The van der Waals surface area contributed by atoms with E-state index < -0.39 is 0 Å². The molecule has 118 valence electrons. The van der Waals surface area contributed by atoms with E-state index in [1.165, 1.54) is 32.8 Å². The lowest BCUT2D eigenvalue weighted by atomic mass is 9.95. The van der Waals surface area contributed by atoms with Crippen LogP contribution in [0.4, 0.5) is 5.69 Å². The Morgan fingerprint density at radius 1 is 1.32 bits per heavy atom. The monoisotopic (exact) mass is 318 g/mol. The highest BCUT2D eigenvalue weighted by molar-refractivity contribution is 7.80. The molecule has 2 bridgehead atoms. The molecular formula is C17H22N2O2S. The summed E-state index contributed by atoms with van der Waals surface area (Å²) in [7, 11) is 1.39. The smallest absolute Gasteiger partial charge is 0.338 e. The number of benzene rings is 1. The molecular weight excluding hydrogens is 296 g/mol. The van der Waals surface area contributed by atoms with Crippen LogP contribution in [0.15, 0.2) is 18.2 Å². The van der Waals surface area contributed by atoms with E-state index in [1.54, 1.807) is 6.07 Å². The molecule has 2 aliphatic rings. The number of rotatable bonds is 3. The molecule has 22 heavy (non-hydrogen) atoms. The maximum atomic E-state index is 11.7. The third kappa shape index (κ3) is 2.95. The van der Waals surface area contributed by atoms with Crippen molar-refractivity contribution in [1.29, 1.82) is 0 Å². The van der Waals surface area contributed by atoms with Gasteiger partial charge in [-0.2, -0.15) is 0 Å². The first-order chi connectivity index (χ1) is 10.6. The van der Waals surface area contributed by atoms with Crippen LogP contribution in [0.25, 0.3) is 0 Å². The number of hydrogen-bond donors (Lipinski definition) is 2. The highest BCUT2D eigenvalue weighted by Gasteiger charge is 2.39. The Morgan fingerprint density at radius 2 is 2.14 bits per heavy atom. The van der Waals surface area contributed by atoms with Crippen LogP contribution >= 0.6 is 12.2 Å². The van der Waals surface area contributed by atoms with Gasteiger partial charge in [-0.05, 0) is 67.9 Å². The summed E-state index contributed by atoms with van der Waals surface area (Å²) in [5.41, 5.74) is 2.27. The van der Waals surface area contributed by atoms with E-state index in [9.17, 15) is 4.79 Å². The highest BCUT2D eigenvalue weighted by Crippen LogP contribution is 2.44. The number of ether oxygens (including phenoxy) is 1. The molecule has 1 aromatic rings. The second kappa shape index (κ2) is 6.24. The predicted octanol–water partition coefficient (Wildman–Crippen LogP) is 3.26. The quantitative estimate of drug-likeness (QED) is 0.662. The zero-order chi connectivity index (χ0) is 15.7. The molecule has 4 nitrogen and oxygen atoms in total. The number of carbonyl (C=O) groups excluding carboxylic acids is 1. The van der Waals surface area contributed by atoms with Gasteiger partial charge in [-0.3, -0.25) is 0 Å². The standard InChI is InChI=1S/C17H22N2O2S/c1-10-13(16(20)21-2)4-3-5-14(10)18-17(22)19-15-9-11-6-7-12(15)8-11/h3-5,11-12,15H,6-9H2,1-2H3,(H2,18,19,22)/t11-,12+,15+/m0/s1. The number of thiocarbonyl (C=S) groups is 1. The van der Waals surface area contributed by atoms with Gasteiger partial charge in [-0.25, -0.2) is 4.79 Å². The number of hydrogen-bond acceptors (Lipinski definition) is 3. The van der Waals surface area contributed by atoms with E-state index in [2.05, 4.69) is 10.6 Å². The van der Waals surface area contributed by atoms with Crippen molar-refractivity contribution in [2.75, 3.05) is 12.4 Å². The fourth-order valence-corrected chi connectivity index (χ4v) is 4.11. The highest BCUT2D eigenvalue weighted by atomic mass is 32.1. The summed E-state index contributed by atoms with van der Waals surface area (Å²) >= 11 is 5.45. The van der Waals surface area contributed by atoms with Crippen molar-refractivity contribution in [2.45, 2.75) is 38.6 Å². The van der Waals surface area contributed by atoms with Crippen LogP contribution in [0.3, 0.4) is 0 Å². The Bertz CT molecular complexity index is 602. The summed E-state index contributed by atoms with van der Waals surface area (Å²) in [4.78, 5) is 11.7. The summed E-state index contributed by atoms with van der Waals surface area (Å²) in [6.07, 6.45) is 5.27. The molecule has 0 heterocycles. The second-order valence-corrected chi connectivity index (χ2v) is 6.76. The van der Waals surface area contributed by atoms with Gasteiger partial charge in [0.1, 0.15) is 0 Å². The van der Waals surface area contributed by atoms with Crippen LogP contribution in [-0.2, 0) is 4.74 Å². The van der Waals surface area contributed by atoms with E-state index in [1.807, 2.05) is 19.1 Å². The van der Waals surface area contributed by atoms with Crippen molar-refractivity contribution in [3.63, 3.8) is 0 Å². The van der Waals surface area contributed by atoms with Crippen LogP contribution in [0.1, 0.15) is 41.6 Å². The molecule has 2 N–H and O–H groups in total. The molecule has 0 aromatic heterocycles. The Kier molecular flexibility index (Phi) is 4.34. The predicted molar refractivity (Wildman–Crippen MR) is 91.1 cm³/mol. The molecule has 0 radical (unpaired) electrons. The molecule has 3 atom stereocenters. The van der Waals surface area contributed by atoms with Crippen LogP contribution < -0.4 is 10.6 Å². The first kappa shape index (κ1) is 15.3. The molecule has 1 aromatic carbocycles. The van der Waals surface area contributed by atoms with Crippen molar-refractivity contribution in [3.8, 4) is 0 Å². The van der Waals surface area contributed by atoms with E-state index in [0.29, 0.717) is 16.7 Å². The molecule has 0 spiro atoms. The largest absolute Gasteiger partial charge is 0.465 e. The first-order valence-corrected chi connectivity index (χ1v) is 8.24. The average Bonchev–Trinajstić information content (AvgIpc) is 3.11. The van der Waals surface area contributed by atoms with Gasteiger partial charge >= 0.3 is 5.97 Å². The van der Waals surface area contributed by atoms with E-state index in [4.69, 9.17) is 17.0 Å². The number of nitrogens with one attached hydrogen (secondary N) is 2. The molecule has 2 fully saturated rings. The van der Waals surface area contributed by atoms with Crippen molar-refractivity contribution < 1.29 is 9.53 Å². The minimum absolute atomic E-state index is 0.326. The van der Waals surface area contributed by atoms with Crippen LogP contribution in [0.2, 0.25) is 0 Å². The SMILES string of the molecule is COC(=O)c1cccc(NC(=S)N[C@@H]2C[C@H]3CC[C@@H]2C3)c1C. The van der Waals surface area contributed by atoms with Crippen molar-refractivity contribution >= 4 is 29.0 Å². The normalized spacial score (nSPS) is 25.8. The van der Waals surface area contributed by atoms with Gasteiger partial charge in [0.15, 0.2) is 5.11 Å². The number of anilines is 1. The van der Waals surface area contributed by atoms with Crippen LogP contribution in [0.5, 0.6) is 0 Å².